The van der Waals surface area contributed by atoms with Crippen LogP contribution < -0.4 is 10.2 Å². The highest BCUT2D eigenvalue weighted by molar-refractivity contribution is 7.80. The van der Waals surface area contributed by atoms with E-state index in [1.165, 1.54) is 11.0 Å². The van der Waals surface area contributed by atoms with Gasteiger partial charge in [-0.3, -0.25) is 19.8 Å². The van der Waals surface area contributed by atoms with Crippen molar-refractivity contribution in [1.82, 2.24) is 10.3 Å². The number of para-hydroxylation sites is 1. The fraction of sp³-hybridized carbons (Fsp3) is 0. The normalized spacial score (nSPS) is 15.7. The number of carbonyl (C=O) groups is 2. The molecule has 0 spiro atoms. The first-order valence-corrected chi connectivity index (χ1v) is 10.3. The molecule has 3 aromatic carbocycles. The van der Waals surface area contributed by atoms with Crippen LogP contribution in [-0.2, 0) is 9.59 Å². The van der Waals surface area contributed by atoms with Crippen LogP contribution >= 0.6 is 23.8 Å². The maximum Gasteiger partial charge on any atom is 0.270 e. The van der Waals surface area contributed by atoms with E-state index >= 15 is 0 Å². The Morgan fingerprint density at radius 3 is 2.26 bits per heavy atom. The summed E-state index contributed by atoms with van der Waals surface area (Å²) in [5, 5.41) is 5.99. The second-order valence-corrected chi connectivity index (χ2v) is 7.82. The van der Waals surface area contributed by atoms with Gasteiger partial charge in [0.2, 0.25) is 0 Å². The van der Waals surface area contributed by atoms with E-state index in [-0.39, 0.29) is 10.7 Å². The molecule has 4 aromatic rings. The van der Waals surface area contributed by atoms with Gasteiger partial charge >= 0.3 is 0 Å². The van der Waals surface area contributed by atoms with Gasteiger partial charge in [0.15, 0.2) is 5.11 Å². The average molecular weight is 444 g/mol. The molecular weight excluding hydrogens is 430 g/mol. The topological polar surface area (TPSA) is 62.3 Å². The number of amides is 2. The summed E-state index contributed by atoms with van der Waals surface area (Å²) in [6, 6.07) is 22.2. The molecule has 1 aliphatic heterocycles. The van der Waals surface area contributed by atoms with E-state index in [1.54, 1.807) is 24.3 Å². The number of carbonyl (C=O) groups excluding carboxylic acids is 2. The van der Waals surface area contributed by atoms with Gasteiger partial charge in [-0.05, 0) is 54.0 Å². The van der Waals surface area contributed by atoms with Crippen LogP contribution in [0.25, 0.3) is 27.8 Å². The summed E-state index contributed by atoms with van der Waals surface area (Å²) < 4.78 is 0. The monoisotopic (exact) mass is 443 g/mol. The Hall–Kier alpha value is -3.61. The van der Waals surface area contributed by atoms with E-state index < -0.39 is 11.8 Å². The molecule has 5 rings (SSSR count). The van der Waals surface area contributed by atoms with Gasteiger partial charge in [-0.15, -0.1) is 0 Å². The molecule has 5 nitrogen and oxygen atoms in total. The molecule has 31 heavy (non-hydrogen) atoms. The first-order chi connectivity index (χ1) is 15.0. The molecule has 1 aromatic heterocycles. The third kappa shape index (κ3) is 3.36. The largest absolute Gasteiger partial charge is 0.298 e. The van der Waals surface area contributed by atoms with Gasteiger partial charge in [-0.1, -0.05) is 54.1 Å². The van der Waals surface area contributed by atoms with Crippen molar-refractivity contribution in [2.75, 3.05) is 4.90 Å². The first-order valence-electron chi connectivity index (χ1n) is 9.47. The molecule has 0 bridgehead atoms. The number of rotatable bonds is 2. The Morgan fingerprint density at radius 2 is 1.52 bits per heavy atom. The summed E-state index contributed by atoms with van der Waals surface area (Å²) in [7, 11) is 0. The molecule has 0 saturated carbocycles. The summed E-state index contributed by atoms with van der Waals surface area (Å²) >= 11 is 11.2. The summed E-state index contributed by atoms with van der Waals surface area (Å²) in [6.07, 6.45) is 1.52. The van der Waals surface area contributed by atoms with E-state index in [9.17, 15) is 9.59 Å². The Bertz CT molecular complexity index is 1430. The van der Waals surface area contributed by atoms with Crippen LogP contribution in [0, 0.1) is 0 Å². The Balaban J connectivity index is 1.68. The summed E-state index contributed by atoms with van der Waals surface area (Å²) in [6.45, 7) is 0. The molecule has 1 fully saturated rings. The lowest BCUT2D eigenvalue weighted by Gasteiger charge is -2.29. The number of thiocarbonyl (C=S) groups is 1. The second kappa shape index (κ2) is 7.58. The lowest BCUT2D eigenvalue weighted by atomic mass is 10.0. The van der Waals surface area contributed by atoms with E-state index in [0.717, 1.165) is 21.7 Å². The second-order valence-electron chi connectivity index (χ2n) is 6.99. The minimum Gasteiger partial charge on any atom is -0.298 e. The van der Waals surface area contributed by atoms with Crippen LogP contribution in [0.15, 0.2) is 78.4 Å². The zero-order valence-electron chi connectivity index (χ0n) is 16.0. The minimum atomic E-state index is -0.556. The quantitative estimate of drug-likeness (QED) is 0.208. The van der Waals surface area contributed by atoms with Gasteiger partial charge in [-0.2, -0.15) is 0 Å². The van der Waals surface area contributed by atoms with Crippen LogP contribution in [0.5, 0.6) is 0 Å². The lowest BCUT2D eigenvalue weighted by molar-refractivity contribution is -0.122. The fourth-order valence-electron chi connectivity index (χ4n) is 3.66. The number of aromatic nitrogens is 1. The summed E-state index contributed by atoms with van der Waals surface area (Å²) in [5.41, 5.74) is 1.79. The van der Waals surface area contributed by atoms with Crippen molar-refractivity contribution in [3.8, 4) is 0 Å². The lowest BCUT2D eigenvalue weighted by Crippen LogP contribution is -2.54. The minimum absolute atomic E-state index is 0.0193. The molecule has 1 aliphatic rings. The van der Waals surface area contributed by atoms with Crippen molar-refractivity contribution < 1.29 is 9.59 Å². The van der Waals surface area contributed by atoms with Gasteiger partial charge < -0.3 is 0 Å². The van der Waals surface area contributed by atoms with Crippen molar-refractivity contribution in [3.63, 3.8) is 0 Å². The average Bonchev–Trinajstić information content (AvgIpc) is 2.78. The molecule has 0 aliphatic carbocycles. The number of nitrogens with zero attached hydrogens (tertiary/aromatic N) is 2. The molecule has 1 saturated heterocycles. The third-order valence-corrected chi connectivity index (χ3v) is 5.64. The van der Waals surface area contributed by atoms with Crippen molar-refractivity contribution >= 4 is 74.2 Å². The molecule has 150 valence electrons. The zero-order valence-corrected chi connectivity index (χ0v) is 17.6. The van der Waals surface area contributed by atoms with Gasteiger partial charge in [0, 0.05) is 15.8 Å². The summed E-state index contributed by atoms with van der Waals surface area (Å²) in [5.74, 6) is -1.07. The molecule has 2 heterocycles. The molecule has 7 heteroatoms. The van der Waals surface area contributed by atoms with E-state index in [4.69, 9.17) is 28.8 Å². The first kappa shape index (κ1) is 19.4. The Labute approximate surface area is 187 Å². The number of nitrogens with one attached hydrogen (secondary N) is 1. The molecular formula is C24H14ClN3O2S. The van der Waals surface area contributed by atoms with Crippen molar-refractivity contribution in [2.24, 2.45) is 0 Å². The van der Waals surface area contributed by atoms with Gasteiger partial charge in [0.05, 0.1) is 16.9 Å². The molecule has 0 atom stereocenters. The van der Waals surface area contributed by atoms with E-state index in [0.29, 0.717) is 16.4 Å². The fourth-order valence-corrected chi connectivity index (χ4v) is 4.07. The number of pyridine rings is 1. The van der Waals surface area contributed by atoms with Gasteiger partial charge in [0.25, 0.3) is 11.8 Å². The van der Waals surface area contributed by atoms with Crippen molar-refractivity contribution in [1.29, 1.82) is 0 Å². The zero-order chi connectivity index (χ0) is 21.5. The third-order valence-electron chi connectivity index (χ3n) is 5.11. The van der Waals surface area contributed by atoms with Crippen molar-refractivity contribution in [3.05, 3.63) is 89.1 Å². The van der Waals surface area contributed by atoms with Crippen LogP contribution in [0.2, 0.25) is 5.02 Å². The van der Waals surface area contributed by atoms with Crippen molar-refractivity contribution in [2.45, 2.75) is 0 Å². The number of hydrogen-bond acceptors (Lipinski definition) is 4. The number of anilines is 1. The molecule has 0 radical (unpaired) electrons. The highest BCUT2D eigenvalue weighted by Gasteiger charge is 2.34. The number of hydrogen-bond donors (Lipinski definition) is 1. The summed E-state index contributed by atoms with van der Waals surface area (Å²) in [4.78, 5) is 32.0. The molecule has 0 unspecified atom stereocenters. The molecule has 1 N–H and O–H groups in total. The van der Waals surface area contributed by atoms with E-state index in [2.05, 4.69) is 5.32 Å². The van der Waals surface area contributed by atoms with Crippen LogP contribution in [0.1, 0.15) is 5.69 Å². The standard InChI is InChI=1S/C24H14ClN3O2S/c25-14-9-11-15(12-10-14)28-23(30)19(22(29)27-24(28)31)13-21-18-7-2-1-5-16(18)17-6-3-4-8-20(17)26-21/h1-13H,(H,27,29,31). The Morgan fingerprint density at radius 1 is 0.871 bits per heavy atom. The highest BCUT2D eigenvalue weighted by atomic mass is 35.5. The molecule has 2 amide bonds. The SMILES string of the molecule is O=C1NC(=S)N(c2ccc(Cl)cc2)C(=O)C1=Cc1nc2ccccc2c2ccccc12. The van der Waals surface area contributed by atoms with Gasteiger partial charge in [0.1, 0.15) is 5.57 Å². The number of halogens is 1. The predicted octanol–water partition coefficient (Wildman–Crippen LogP) is 4.87. The number of benzene rings is 3. The van der Waals surface area contributed by atoms with E-state index in [1.807, 2.05) is 48.5 Å². The van der Waals surface area contributed by atoms with Crippen LogP contribution in [-0.4, -0.2) is 21.9 Å². The maximum absolute atomic E-state index is 13.3. The van der Waals surface area contributed by atoms with Crippen LogP contribution in [0.4, 0.5) is 5.69 Å². The highest BCUT2D eigenvalue weighted by Crippen LogP contribution is 2.29. The van der Waals surface area contributed by atoms with Crippen LogP contribution in [0.3, 0.4) is 0 Å². The maximum atomic E-state index is 13.3. The predicted molar refractivity (Wildman–Crippen MR) is 127 cm³/mol. The number of fused-ring (bicyclic) bond motifs is 3. The Kier molecular flexibility index (Phi) is 4.73. The van der Waals surface area contributed by atoms with Gasteiger partial charge in [-0.25, -0.2) is 4.98 Å². The smallest absolute Gasteiger partial charge is 0.270 e.